The van der Waals surface area contributed by atoms with Crippen molar-refractivity contribution in [3.63, 3.8) is 0 Å². The van der Waals surface area contributed by atoms with E-state index in [1.54, 1.807) is 0 Å². The number of fused-ring (bicyclic) bond motifs is 1. The van der Waals surface area contributed by atoms with E-state index >= 15 is 0 Å². The largest absolute Gasteiger partial charge is 0.482 e. The molecule has 1 aliphatic heterocycles. The Morgan fingerprint density at radius 2 is 1.92 bits per heavy atom. The normalized spacial score (nSPS) is 12.9. The predicted octanol–water partition coefficient (Wildman–Crippen LogP) is 4.09. The van der Waals surface area contributed by atoms with Crippen molar-refractivity contribution < 1.29 is 9.15 Å². The van der Waals surface area contributed by atoms with Gasteiger partial charge in [-0.25, -0.2) is 0 Å². The highest BCUT2D eigenvalue weighted by molar-refractivity contribution is 5.57. The molecule has 0 unspecified atom stereocenters. The Labute approximate surface area is 152 Å². The van der Waals surface area contributed by atoms with Crippen LogP contribution in [0.3, 0.4) is 0 Å². The number of hydrogen-bond acceptors (Lipinski definition) is 4. The summed E-state index contributed by atoms with van der Waals surface area (Å²) in [7, 11) is 0. The van der Waals surface area contributed by atoms with E-state index in [0.717, 1.165) is 18.5 Å². The third-order valence-corrected chi connectivity index (χ3v) is 4.70. The smallest absolute Gasteiger partial charge is 0.227 e. The minimum absolute atomic E-state index is 0.147. The fraction of sp³-hybridized carbons (Fsp3) is 0.227. The van der Waals surface area contributed by atoms with Crippen LogP contribution in [0.4, 0.5) is 5.69 Å². The van der Waals surface area contributed by atoms with E-state index < -0.39 is 0 Å². The average molecular weight is 347 g/mol. The van der Waals surface area contributed by atoms with E-state index in [2.05, 4.69) is 23.1 Å². The standard InChI is InChI=1S/C22H21NO3/c1-16-6-8-17(9-7-16)14-26-22-15-25-19(12-21(22)24)13-23-11-10-18-4-2-3-5-20(18)23/h2-9,12,15H,10-11,13-14H2,1H3. The number of aryl methyl sites for hydroxylation is 1. The Kier molecular flexibility index (Phi) is 4.48. The highest BCUT2D eigenvalue weighted by atomic mass is 16.5. The van der Waals surface area contributed by atoms with Gasteiger partial charge >= 0.3 is 0 Å². The van der Waals surface area contributed by atoms with Crippen LogP contribution in [0.2, 0.25) is 0 Å². The predicted molar refractivity (Wildman–Crippen MR) is 102 cm³/mol. The zero-order valence-electron chi connectivity index (χ0n) is 14.8. The summed E-state index contributed by atoms with van der Waals surface area (Å²) in [5, 5.41) is 0. The van der Waals surface area contributed by atoms with Gasteiger partial charge < -0.3 is 14.1 Å². The fourth-order valence-corrected chi connectivity index (χ4v) is 3.23. The second-order valence-electron chi connectivity index (χ2n) is 6.65. The average Bonchev–Trinajstić information content (AvgIpc) is 3.06. The molecular formula is C22H21NO3. The molecule has 0 fully saturated rings. The van der Waals surface area contributed by atoms with Crippen LogP contribution in [-0.2, 0) is 19.6 Å². The van der Waals surface area contributed by atoms with Crippen molar-refractivity contribution >= 4 is 5.69 Å². The second-order valence-corrected chi connectivity index (χ2v) is 6.65. The maximum atomic E-state index is 12.3. The number of hydrogen-bond donors (Lipinski definition) is 0. The Morgan fingerprint density at radius 1 is 1.12 bits per heavy atom. The molecule has 0 radical (unpaired) electrons. The van der Waals surface area contributed by atoms with Gasteiger partial charge in [0.25, 0.3) is 0 Å². The minimum atomic E-state index is -0.147. The second kappa shape index (κ2) is 7.08. The molecule has 1 aliphatic rings. The third kappa shape index (κ3) is 3.49. The van der Waals surface area contributed by atoms with E-state index in [4.69, 9.17) is 9.15 Å². The lowest BCUT2D eigenvalue weighted by Gasteiger charge is -2.18. The molecule has 2 heterocycles. The van der Waals surface area contributed by atoms with Crippen molar-refractivity contribution in [3.8, 4) is 5.75 Å². The number of ether oxygens (including phenoxy) is 1. The van der Waals surface area contributed by atoms with Gasteiger partial charge in [0.2, 0.25) is 11.2 Å². The van der Waals surface area contributed by atoms with Crippen molar-refractivity contribution in [2.24, 2.45) is 0 Å². The summed E-state index contributed by atoms with van der Waals surface area (Å²) < 4.78 is 11.3. The van der Waals surface area contributed by atoms with Gasteiger partial charge in [-0.1, -0.05) is 48.0 Å². The SMILES string of the molecule is Cc1ccc(COc2coc(CN3CCc4ccccc43)cc2=O)cc1. The van der Waals surface area contributed by atoms with E-state index in [0.29, 0.717) is 18.9 Å². The quantitative estimate of drug-likeness (QED) is 0.697. The van der Waals surface area contributed by atoms with Gasteiger partial charge in [0.1, 0.15) is 18.6 Å². The lowest BCUT2D eigenvalue weighted by molar-refractivity contribution is 0.289. The van der Waals surface area contributed by atoms with Gasteiger partial charge in [0, 0.05) is 18.3 Å². The van der Waals surface area contributed by atoms with Crippen LogP contribution in [0.25, 0.3) is 0 Å². The van der Waals surface area contributed by atoms with Gasteiger partial charge in [0.15, 0.2) is 0 Å². The summed E-state index contributed by atoms with van der Waals surface area (Å²) in [5.41, 5.74) is 4.63. The van der Waals surface area contributed by atoms with Crippen molar-refractivity contribution in [1.82, 2.24) is 0 Å². The molecule has 0 atom stereocenters. The summed E-state index contributed by atoms with van der Waals surface area (Å²) in [6, 6.07) is 17.9. The molecule has 0 amide bonds. The fourth-order valence-electron chi connectivity index (χ4n) is 3.23. The van der Waals surface area contributed by atoms with Crippen LogP contribution in [0.5, 0.6) is 5.75 Å². The van der Waals surface area contributed by atoms with Gasteiger partial charge in [-0.15, -0.1) is 0 Å². The summed E-state index contributed by atoms with van der Waals surface area (Å²) in [4.78, 5) is 14.6. The monoisotopic (exact) mass is 347 g/mol. The summed E-state index contributed by atoms with van der Waals surface area (Å²) in [6.07, 6.45) is 2.45. The van der Waals surface area contributed by atoms with Crippen molar-refractivity contribution in [2.45, 2.75) is 26.5 Å². The van der Waals surface area contributed by atoms with E-state index in [-0.39, 0.29) is 11.2 Å². The van der Waals surface area contributed by atoms with E-state index in [1.165, 1.54) is 29.1 Å². The number of anilines is 1. The van der Waals surface area contributed by atoms with Crippen LogP contribution >= 0.6 is 0 Å². The molecule has 4 heteroatoms. The maximum Gasteiger partial charge on any atom is 0.227 e. The number of rotatable bonds is 5. The zero-order valence-corrected chi connectivity index (χ0v) is 14.8. The molecule has 1 aromatic heterocycles. The third-order valence-electron chi connectivity index (χ3n) is 4.70. The lowest BCUT2D eigenvalue weighted by atomic mass is 10.2. The molecular weight excluding hydrogens is 326 g/mol. The first kappa shape index (κ1) is 16.5. The lowest BCUT2D eigenvalue weighted by Crippen LogP contribution is -2.20. The highest BCUT2D eigenvalue weighted by Gasteiger charge is 2.19. The van der Waals surface area contributed by atoms with E-state index in [1.807, 2.05) is 37.3 Å². The summed E-state index contributed by atoms with van der Waals surface area (Å²) >= 11 is 0. The Balaban J connectivity index is 1.43. The van der Waals surface area contributed by atoms with Gasteiger partial charge in [-0.05, 0) is 30.5 Å². The number of para-hydroxylation sites is 1. The van der Waals surface area contributed by atoms with Crippen LogP contribution in [-0.4, -0.2) is 6.54 Å². The molecule has 0 saturated heterocycles. The first-order valence-electron chi connectivity index (χ1n) is 8.82. The number of nitrogens with zero attached hydrogens (tertiary/aromatic N) is 1. The molecule has 26 heavy (non-hydrogen) atoms. The molecule has 0 spiro atoms. The summed E-state index contributed by atoms with van der Waals surface area (Å²) in [6.45, 7) is 3.92. The summed E-state index contributed by atoms with van der Waals surface area (Å²) in [5.74, 6) is 0.894. The number of benzene rings is 2. The topological polar surface area (TPSA) is 42.7 Å². The van der Waals surface area contributed by atoms with Crippen LogP contribution < -0.4 is 15.1 Å². The molecule has 3 aromatic rings. The molecule has 4 nitrogen and oxygen atoms in total. The van der Waals surface area contributed by atoms with Crippen molar-refractivity contribution in [1.29, 1.82) is 0 Å². The van der Waals surface area contributed by atoms with Crippen LogP contribution in [0.1, 0.15) is 22.5 Å². The van der Waals surface area contributed by atoms with Gasteiger partial charge in [-0.2, -0.15) is 0 Å². The zero-order chi connectivity index (χ0) is 17.9. The minimum Gasteiger partial charge on any atom is -0.482 e. The Hall–Kier alpha value is -3.01. The van der Waals surface area contributed by atoms with Crippen LogP contribution in [0.15, 0.2) is 70.1 Å². The van der Waals surface area contributed by atoms with Crippen molar-refractivity contribution in [2.75, 3.05) is 11.4 Å². The molecule has 4 rings (SSSR count). The first-order valence-corrected chi connectivity index (χ1v) is 8.82. The van der Waals surface area contributed by atoms with Crippen molar-refractivity contribution in [3.05, 3.63) is 93.5 Å². The highest BCUT2D eigenvalue weighted by Crippen LogP contribution is 2.28. The molecule has 2 aromatic carbocycles. The molecule has 0 saturated carbocycles. The first-order chi connectivity index (χ1) is 12.7. The van der Waals surface area contributed by atoms with Gasteiger partial charge in [0.05, 0.1) is 6.54 Å². The van der Waals surface area contributed by atoms with Gasteiger partial charge in [-0.3, -0.25) is 4.79 Å². The molecule has 132 valence electrons. The molecule has 0 bridgehead atoms. The molecule has 0 N–H and O–H groups in total. The Morgan fingerprint density at radius 3 is 2.73 bits per heavy atom. The maximum absolute atomic E-state index is 12.3. The van der Waals surface area contributed by atoms with Crippen LogP contribution in [0, 0.1) is 6.92 Å². The Bertz CT molecular complexity index is 960. The van der Waals surface area contributed by atoms with E-state index in [9.17, 15) is 4.79 Å². The molecule has 0 aliphatic carbocycles.